The molecule has 1 N–H and O–H groups in total. The molecule has 2 heterocycles. The van der Waals surface area contributed by atoms with Crippen LogP contribution < -0.4 is 4.72 Å². The van der Waals surface area contributed by atoms with Gasteiger partial charge in [-0.2, -0.15) is 0 Å². The van der Waals surface area contributed by atoms with E-state index in [0.29, 0.717) is 10.9 Å². The average Bonchev–Trinajstić information content (AvgIpc) is 2.88. The van der Waals surface area contributed by atoms with Gasteiger partial charge in [0.05, 0.1) is 4.90 Å². The first-order chi connectivity index (χ1) is 9.95. The van der Waals surface area contributed by atoms with Crippen molar-refractivity contribution in [2.45, 2.75) is 49.6 Å². The third-order valence-corrected chi connectivity index (χ3v) is 6.74. The molecule has 0 radical (unpaired) electrons. The van der Waals surface area contributed by atoms with Gasteiger partial charge in [-0.05, 0) is 63.4 Å². The Kier molecular flexibility index (Phi) is 4.41. The van der Waals surface area contributed by atoms with Gasteiger partial charge < -0.3 is 4.90 Å². The number of nitrogens with one attached hydrogen (secondary N) is 1. The number of aryl methyl sites for hydroxylation is 1. The third kappa shape index (κ3) is 3.33. The number of halogens is 1. The SMILES string of the molecule is Cc1ccc(Br)cc1S(=O)(=O)NC1CCN2CCCC2C1. The molecule has 2 saturated heterocycles. The van der Waals surface area contributed by atoms with Crippen LogP contribution in [0, 0.1) is 6.92 Å². The fourth-order valence-corrected chi connectivity index (χ4v) is 5.54. The smallest absolute Gasteiger partial charge is 0.241 e. The highest BCUT2D eigenvalue weighted by molar-refractivity contribution is 9.10. The summed E-state index contributed by atoms with van der Waals surface area (Å²) in [5.74, 6) is 0. The molecule has 0 amide bonds. The van der Waals surface area contributed by atoms with Crippen molar-refractivity contribution in [1.29, 1.82) is 0 Å². The highest BCUT2D eigenvalue weighted by Gasteiger charge is 2.33. The lowest BCUT2D eigenvalue weighted by molar-refractivity contribution is 0.176. The first-order valence-corrected chi connectivity index (χ1v) is 9.76. The monoisotopic (exact) mass is 372 g/mol. The van der Waals surface area contributed by atoms with Gasteiger partial charge in [-0.3, -0.25) is 0 Å². The Labute approximate surface area is 135 Å². The Hall–Kier alpha value is -0.430. The number of sulfonamides is 1. The van der Waals surface area contributed by atoms with Crippen molar-refractivity contribution in [1.82, 2.24) is 9.62 Å². The molecule has 0 spiro atoms. The van der Waals surface area contributed by atoms with Crippen molar-refractivity contribution in [2.75, 3.05) is 13.1 Å². The second kappa shape index (κ2) is 5.99. The van der Waals surface area contributed by atoms with E-state index >= 15 is 0 Å². The van der Waals surface area contributed by atoms with Crippen LogP contribution >= 0.6 is 15.9 Å². The summed E-state index contributed by atoms with van der Waals surface area (Å²) in [6, 6.07) is 6.01. The van der Waals surface area contributed by atoms with Gasteiger partial charge in [0.1, 0.15) is 0 Å². The Balaban J connectivity index is 1.75. The summed E-state index contributed by atoms with van der Waals surface area (Å²) in [5.41, 5.74) is 0.781. The number of hydrogen-bond donors (Lipinski definition) is 1. The molecular formula is C15H21BrN2O2S. The van der Waals surface area contributed by atoms with Gasteiger partial charge >= 0.3 is 0 Å². The molecule has 2 aliphatic rings. The number of nitrogens with zero attached hydrogens (tertiary/aromatic N) is 1. The summed E-state index contributed by atoms with van der Waals surface area (Å²) in [6.45, 7) is 4.02. The summed E-state index contributed by atoms with van der Waals surface area (Å²) in [7, 11) is -3.44. The van der Waals surface area contributed by atoms with Crippen LogP contribution in [0.1, 0.15) is 31.2 Å². The zero-order valence-corrected chi connectivity index (χ0v) is 14.6. The summed E-state index contributed by atoms with van der Waals surface area (Å²) < 4.78 is 28.9. The maximum atomic E-state index is 12.6. The van der Waals surface area contributed by atoms with Gasteiger partial charge in [-0.1, -0.05) is 22.0 Å². The van der Waals surface area contributed by atoms with Crippen LogP contribution in [-0.4, -0.2) is 38.5 Å². The van der Waals surface area contributed by atoms with E-state index in [0.717, 1.165) is 29.4 Å². The number of hydrogen-bond acceptors (Lipinski definition) is 3. The van der Waals surface area contributed by atoms with E-state index in [4.69, 9.17) is 0 Å². The molecule has 1 aromatic carbocycles. The van der Waals surface area contributed by atoms with E-state index in [-0.39, 0.29) is 6.04 Å². The zero-order chi connectivity index (χ0) is 15.0. The number of benzene rings is 1. The van der Waals surface area contributed by atoms with Crippen molar-refractivity contribution < 1.29 is 8.42 Å². The van der Waals surface area contributed by atoms with Crippen LogP contribution in [0.15, 0.2) is 27.6 Å². The highest BCUT2D eigenvalue weighted by Crippen LogP contribution is 2.28. The normalized spacial score (nSPS) is 26.8. The minimum Gasteiger partial charge on any atom is -0.300 e. The highest BCUT2D eigenvalue weighted by atomic mass is 79.9. The first-order valence-electron chi connectivity index (χ1n) is 7.48. The van der Waals surface area contributed by atoms with Crippen LogP contribution in [0.2, 0.25) is 0 Å². The van der Waals surface area contributed by atoms with Crippen molar-refractivity contribution in [3.63, 3.8) is 0 Å². The summed E-state index contributed by atoms with van der Waals surface area (Å²) in [6.07, 6.45) is 4.29. The number of rotatable bonds is 3. The molecule has 2 aliphatic heterocycles. The maximum Gasteiger partial charge on any atom is 0.241 e. The van der Waals surface area contributed by atoms with Gasteiger partial charge in [-0.15, -0.1) is 0 Å². The molecule has 0 aromatic heterocycles. The van der Waals surface area contributed by atoms with Crippen molar-refractivity contribution >= 4 is 26.0 Å². The molecule has 0 aliphatic carbocycles. The number of piperidine rings is 1. The fourth-order valence-electron chi connectivity index (χ4n) is 3.48. The van der Waals surface area contributed by atoms with E-state index in [1.165, 1.54) is 19.4 Å². The van der Waals surface area contributed by atoms with E-state index in [9.17, 15) is 8.42 Å². The Bertz CT molecular complexity index is 633. The molecule has 6 heteroatoms. The second-order valence-electron chi connectivity index (χ2n) is 6.08. The van der Waals surface area contributed by atoms with Gasteiger partial charge in [0.2, 0.25) is 10.0 Å². The van der Waals surface area contributed by atoms with E-state index in [1.807, 2.05) is 19.1 Å². The molecule has 3 rings (SSSR count). The minimum atomic E-state index is -3.44. The van der Waals surface area contributed by atoms with Crippen LogP contribution in [0.4, 0.5) is 0 Å². The summed E-state index contributed by atoms with van der Waals surface area (Å²) >= 11 is 3.35. The van der Waals surface area contributed by atoms with Crippen molar-refractivity contribution in [2.24, 2.45) is 0 Å². The molecule has 0 bridgehead atoms. The molecule has 116 valence electrons. The minimum absolute atomic E-state index is 0.0627. The third-order valence-electron chi connectivity index (χ3n) is 4.58. The molecule has 2 unspecified atom stereocenters. The summed E-state index contributed by atoms with van der Waals surface area (Å²) in [4.78, 5) is 2.88. The second-order valence-corrected chi connectivity index (χ2v) is 8.68. The number of fused-ring (bicyclic) bond motifs is 1. The predicted octanol–water partition coefficient (Wildman–Crippen LogP) is 2.66. The maximum absolute atomic E-state index is 12.6. The van der Waals surface area contributed by atoms with Gasteiger partial charge in [0, 0.05) is 16.6 Å². The van der Waals surface area contributed by atoms with Crippen molar-refractivity contribution in [3.8, 4) is 0 Å². The van der Waals surface area contributed by atoms with E-state index < -0.39 is 10.0 Å². The van der Waals surface area contributed by atoms with Crippen molar-refractivity contribution in [3.05, 3.63) is 28.2 Å². The van der Waals surface area contributed by atoms with E-state index in [2.05, 4.69) is 25.6 Å². The van der Waals surface area contributed by atoms with Gasteiger partial charge in [0.15, 0.2) is 0 Å². The lowest BCUT2D eigenvalue weighted by Gasteiger charge is -2.35. The van der Waals surface area contributed by atoms with Crippen LogP contribution in [0.25, 0.3) is 0 Å². The molecule has 4 nitrogen and oxygen atoms in total. The van der Waals surface area contributed by atoms with Gasteiger partial charge in [0.25, 0.3) is 0 Å². The van der Waals surface area contributed by atoms with E-state index in [1.54, 1.807) is 6.07 Å². The lowest BCUT2D eigenvalue weighted by atomic mass is 9.99. The summed E-state index contributed by atoms with van der Waals surface area (Å²) in [5, 5.41) is 0. The standard InChI is InChI=1S/C15H21BrN2O2S/c1-11-4-5-12(16)9-15(11)21(19,20)17-13-6-8-18-7-2-3-14(18)10-13/h4-5,9,13-14,17H,2-3,6-8,10H2,1H3. The fraction of sp³-hybridized carbons (Fsp3) is 0.600. The van der Waals surface area contributed by atoms with Crippen LogP contribution in [-0.2, 0) is 10.0 Å². The molecule has 2 fully saturated rings. The molecule has 2 atom stereocenters. The lowest BCUT2D eigenvalue weighted by Crippen LogP contribution is -2.47. The predicted molar refractivity (Wildman–Crippen MR) is 86.8 cm³/mol. The first kappa shape index (κ1) is 15.5. The zero-order valence-electron chi connectivity index (χ0n) is 12.2. The molecule has 1 aromatic rings. The Morgan fingerprint density at radius 3 is 2.90 bits per heavy atom. The Morgan fingerprint density at radius 2 is 2.10 bits per heavy atom. The quantitative estimate of drug-likeness (QED) is 0.886. The van der Waals surface area contributed by atoms with Crippen LogP contribution in [0.3, 0.4) is 0 Å². The average molecular weight is 373 g/mol. The largest absolute Gasteiger partial charge is 0.300 e. The molecule has 21 heavy (non-hydrogen) atoms. The molecular weight excluding hydrogens is 352 g/mol. The molecule has 0 saturated carbocycles. The van der Waals surface area contributed by atoms with Crippen LogP contribution in [0.5, 0.6) is 0 Å². The van der Waals surface area contributed by atoms with Gasteiger partial charge in [-0.25, -0.2) is 13.1 Å². The topological polar surface area (TPSA) is 49.4 Å². The Morgan fingerprint density at radius 1 is 1.29 bits per heavy atom.